The second-order valence-corrected chi connectivity index (χ2v) is 6.02. The summed E-state index contributed by atoms with van der Waals surface area (Å²) in [5.74, 6) is -0.358. The van der Waals surface area contributed by atoms with Crippen LogP contribution in [0.25, 0.3) is 21.5 Å². The van der Waals surface area contributed by atoms with Crippen LogP contribution >= 0.6 is 0 Å². The largest absolute Gasteiger partial charge is 0.285 e. The molecular formula is C15H12O3S. The first-order valence-electron chi connectivity index (χ1n) is 5.88. The molecule has 0 saturated heterocycles. The highest BCUT2D eigenvalue weighted by Gasteiger charge is 2.10. The molecule has 0 bridgehead atoms. The molecule has 1 N–H and O–H groups in total. The van der Waals surface area contributed by atoms with Crippen LogP contribution in [0.2, 0.25) is 0 Å². The summed E-state index contributed by atoms with van der Waals surface area (Å²) < 4.78 is 31.1. The van der Waals surface area contributed by atoms with Gasteiger partial charge in [-0.15, -0.1) is 0 Å². The van der Waals surface area contributed by atoms with E-state index in [9.17, 15) is 8.42 Å². The molecule has 96 valence electrons. The summed E-state index contributed by atoms with van der Waals surface area (Å²) in [5.41, 5.74) is 0.616. The van der Waals surface area contributed by atoms with Gasteiger partial charge < -0.3 is 0 Å². The van der Waals surface area contributed by atoms with Crippen molar-refractivity contribution < 1.29 is 13.0 Å². The lowest BCUT2D eigenvalue weighted by molar-refractivity contribution is 0.482. The van der Waals surface area contributed by atoms with Gasteiger partial charge in [0.1, 0.15) is 5.75 Å². The highest BCUT2D eigenvalue weighted by Crippen LogP contribution is 2.26. The lowest BCUT2D eigenvalue weighted by Gasteiger charge is -2.07. The van der Waals surface area contributed by atoms with E-state index in [2.05, 4.69) is 0 Å². The van der Waals surface area contributed by atoms with Crippen molar-refractivity contribution in [2.75, 3.05) is 0 Å². The highest BCUT2D eigenvalue weighted by molar-refractivity contribution is 7.85. The van der Waals surface area contributed by atoms with Gasteiger partial charge in [-0.05, 0) is 39.2 Å². The Balaban J connectivity index is 2.32. The molecule has 0 saturated carbocycles. The van der Waals surface area contributed by atoms with E-state index < -0.39 is 10.1 Å². The van der Waals surface area contributed by atoms with Gasteiger partial charge in [-0.3, -0.25) is 4.55 Å². The molecule has 3 aromatic carbocycles. The average Bonchev–Trinajstić information content (AvgIpc) is 2.35. The van der Waals surface area contributed by atoms with Crippen molar-refractivity contribution in [1.29, 1.82) is 0 Å². The fourth-order valence-corrected chi connectivity index (χ4v) is 3.00. The number of rotatable bonds is 2. The zero-order valence-corrected chi connectivity index (χ0v) is 10.9. The molecule has 0 atom stereocenters. The third-order valence-electron chi connectivity index (χ3n) is 3.17. The molecule has 0 aliphatic rings. The van der Waals surface area contributed by atoms with Crippen LogP contribution in [0.1, 0.15) is 5.56 Å². The quantitative estimate of drug-likeness (QED) is 0.574. The van der Waals surface area contributed by atoms with Gasteiger partial charge in [0.25, 0.3) is 10.1 Å². The summed E-state index contributed by atoms with van der Waals surface area (Å²) in [6.45, 7) is 0. The average molecular weight is 272 g/mol. The van der Waals surface area contributed by atoms with Crippen LogP contribution < -0.4 is 0 Å². The van der Waals surface area contributed by atoms with Gasteiger partial charge >= 0.3 is 0 Å². The predicted molar refractivity (Wildman–Crippen MR) is 76.7 cm³/mol. The maximum Gasteiger partial charge on any atom is 0.269 e. The van der Waals surface area contributed by atoms with Crippen molar-refractivity contribution in [1.82, 2.24) is 0 Å². The Labute approximate surface area is 111 Å². The molecular weight excluding hydrogens is 260 g/mol. The monoisotopic (exact) mass is 272 g/mol. The Bertz CT molecular complexity index is 867. The van der Waals surface area contributed by atoms with Gasteiger partial charge in [-0.25, -0.2) is 0 Å². The standard InChI is InChI=1S/C15H12O3S/c16-19(17,18)10-14-7-3-6-13-8-11-4-1-2-5-12(11)9-15(13)14/h1-9H,10H2,(H,16,17,18). The Morgan fingerprint density at radius 2 is 1.47 bits per heavy atom. The second kappa shape index (κ2) is 4.33. The SMILES string of the molecule is O=S(=O)(O)Cc1cccc2cc3ccccc3cc12. The number of benzene rings is 3. The molecule has 0 fully saturated rings. The van der Waals surface area contributed by atoms with E-state index in [0.29, 0.717) is 5.56 Å². The Hall–Kier alpha value is -1.91. The van der Waals surface area contributed by atoms with Gasteiger partial charge in [-0.1, -0.05) is 42.5 Å². The minimum atomic E-state index is -4.02. The zero-order chi connectivity index (χ0) is 13.5. The van der Waals surface area contributed by atoms with Crippen molar-refractivity contribution in [2.24, 2.45) is 0 Å². The minimum absolute atomic E-state index is 0.358. The van der Waals surface area contributed by atoms with E-state index >= 15 is 0 Å². The molecule has 4 heteroatoms. The van der Waals surface area contributed by atoms with E-state index in [1.54, 1.807) is 12.1 Å². The number of hydrogen-bond donors (Lipinski definition) is 1. The molecule has 0 spiro atoms. The van der Waals surface area contributed by atoms with Crippen molar-refractivity contribution in [2.45, 2.75) is 5.75 Å². The Morgan fingerprint density at radius 1 is 0.842 bits per heavy atom. The predicted octanol–water partition coefficient (Wildman–Crippen LogP) is 3.38. The minimum Gasteiger partial charge on any atom is -0.285 e. The third kappa shape index (κ3) is 2.45. The van der Waals surface area contributed by atoms with Gasteiger partial charge in [0.15, 0.2) is 0 Å². The van der Waals surface area contributed by atoms with Crippen LogP contribution in [0.3, 0.4) is 0 Å². The Morgan fingerprint density at radius 3 is 2.16 bits per heavy atom. The summed E-state index contributed by atoms with van der Waals surface area (Å²) in [5, 5.41) is 4.00. The van der Waals surface area contributed by atoms with Crippen LogP contribution in [0, 0.1) is 0 Å². The lowest BCUT2D eigenvalue weighted by Crippen LogP contribution is -2.02. The van der Waals surface area contributed by atoms with Crippen LogP contribution in [-0.4, -0.2) is 13.0 Å². The van der Waals surface area contributed by atoms with Crippen molar-refractivity contribution in [3.63, 3.8) is 0 Å². The maximum atomic E-state index is 11.1. The van der Waals surface area contributed by atoms with E-state index in [-0.39, 0.29) is 5.75 Å². The first kappa shape index (κ1) is 12.1. The fourth-order valence-electron chi connectivity index (χ4n) is 2.35. The molecule has 3 nitrogen and oxygen atoms in total. The van der Waals surface area contributed by atoms with Crippen molar-refractivity contribution in [3.8, 4) is 0 Å². The molecule has 0 heterocycles. The highest BCUT2D eigenvalue weighted by atomic mass is 32.2. The lowest BCUT2D eigenvalue weighted by atomic mass is 10.0. The summed E-state index contributed by atoms with van der Waals surface area (Å²) in [7, 11) is -4.02. The first-order chi connectivity index (χ1) is 9.03. The van der Waals surface area contributed by atoms with Gasteiger partial charge in [0, 0.05) is 0 Å². The second-order valence-electron chi connectivity index (χ2n) is 4.56. The summed E-state index contributed by atoms with van der Waals surface area (Å²) in [6, 6.07) is 17.4. The smallest absolute Gasteiger partial charge is 0.269 e. The van der Waals surface area contributed by atoms with E-state index in [1.165, 1.54) is 0 Å². The summed E-state index contributed by atoms with van der Waals surface area (Å²) in [4.78, 5) is 0. The zero-order valence-electron chi connectivity index (χ0n) is 10.1. The summed E-state index contributed by atoms with van der Waals surface area (Å²) in [6.07, 6.45) is 0. The van der Waals surface area contributed by atoms with Crippen molar-refractivity contribution >= 4 is 31.7 Å². The maximum absolute atomic E-state index is 11.1. The Kier molecular flexibility index (Phi) is 2.77. The molecule has 0 aliphatic carbocycles. The normalized spacial score (nSPS) is 12.1. The molecule has 19 heavy (non-hydrogen) atoms. The van der Waals surface area contributed by atoms with Crippen LogP contribution in [0.5, 0.6) is 0 Å². The molecule has 0 aromatic heterocycles. The van der Waals surface area contributed by atoms with Crippen LogP contribution in [0.4, 0.5) is 0 Å². The first-order valence-corrected chi connectivity index (χ1v) is 7.49. The van der Waals surface area contributed by atoms with Crippen LogP contribution in [0.15, 0.2) is 54.6 Å². The van der Waals surface area contributed by atoms with E-state index in [4.69, 9.17) is 4.55 Å². The van der Waals surface area contributed by atoms with Gasteiger partial charge in [0.05, 0.1) is 0 Å². The van der Waals surface area contributed by atoms with E-state index in [0.717, 1.165) is 21.5 Å². The van der Waals surface area contributed by atoms with E-state index in [1.807, 2.05) is 42.5 Å². The summed E-state index contributed by atoms with van der Waals surface area (Å²) >= 11 is 0. The molecule has 3 rings (SSSR count). The third-order valence-corrected chi connectivity index (χ3v) is 3.85. The number of hydrogen-bond acceptors (Lipinski definition) is 2. The van der Waals surface area contributed by atoms with Gasteiger partial charge in [-0.2, -0.15) is 8.42 Å². The molecule has 0 radical (unpaired) electrons. The molecule has 3 aromatic rings. The molecule has 0 unspecified atom stereocenters. The van der Waals surface area contributed by atoms with Crippen LogP contribution in [-0.2, 0) is 15.9 Å². The molecule has 0 aliphatic heterocycles. The van der Waals surface area contributed by atoms with Crippen molar-refractivity contribution in [3.05, 3.63) is 60.2 Å². The number of fused-ring (bicyclic) bond motifs is 2. The van der Waals surface area contributed by atoms with Gasteiger partial charge in [0.2, 0.25) is 0 Å². The fraction of sp³-hybridized carbons (Fsp3) is 0.0667. The topological polar surface area (TPSA) is 54.4 Å². The molecule has 0 amide bonds.